The lowest BCUT2D eigenvalue weighted by Crippen LogP contribution is -2.27. The van der Waals surface area contributed by atoms with Crippen LogP contribution in [0.3, 0.4) is 0 Å². The third-order valence-electron chi connectivity index (χ3n) is 7.85. The molecule has 4 aromatic rings. The average Bonchev–Trinajstić information content (AvgIpc) is 3.70. The molecule has 204 valence electrons. The van der Waals surface area contributed by atoms with Crippen LogP contribution in [0.2, 0.25) is 0 Å². The normalized spacial score (nSPS) is 19.6. The minimum absolute atomic E-state index is 0.0136. The van der Waals surface area contributed by atoms with Gasteiger partial charge >= 0.3 is 0 Å². The number of hydrogen-bond donors (Lipinski definition) is 3. The summed E-state index contributed by atoms with van der Waals surface area (Å²) in [6.07, 6.45) is 4.86. The summed E-state index contributed by atoms with van der Waals surface area (Å²) in [5, 5.41) is 6.39. The Hall–Kier alpha value is -4.01. The molecule has 3 atom stereocenters. The number of fused-ring (bicyclic) bond motifs is 1. The minimum Gasteiger partial charge on any atom is -0.338 e. The molecule has 3 N–H and O–H groups in total. The number of benzene rings is 3. The maximum Gasteiger partial charge on any atom is 0.241 e. The van der Waals surface area contributed by atoms with E-state index in [0.717, 1.165) is 41.6 Å². The zero-order valence-corrected chi connectivity index (χ0v) is 23.1. The van der Waals surface area contributed by atoms with Crippen LogP contribution in [0.1, 0.15) is 54.0 Å². The lowest BCUT2D eigenvalue weighted by atomic mass is 10.1. The largest absolute Gasteiger partial charge is 0.338 e. The molecule has 2 aliphatic rings. The number of carbonyl (C=O) groups excluding carboxylic acids is 1. The summed E-state index contributed by atoms with van der Waals surface area (Å²) in [7, 11) is -3.66. The van der Waals surface area contributed by atoms with Crippen molar-refractivity contribution in [3.8, 4) is 0 Å². The van der Waals surface area contributed by atoms with Gasteiger partial charge in [0.05, 0.1) is 10.6 Å². The Morgan fingerprint density at radius 2 is 1.77 bits per heavy atom. The Balaban J connectivity index is 1.16. The number of nitrogens with one attached hydrogen (secondary N) is 3. The quantitative estimate of drug-likeness (QED) is 0.233. The first kappa shape index (κ1) is 26.2. The number of pyridine rings is 1. The molecular formula is C32H32N4O3S. The summed E-state index contributed by atoms with van der Waals surface area (Å²) in [5.41, 5.74) is 5.74. The third-order valence-corrected chi connectivity index (χ3v) is 9.33. The molecule has 1 amide bonds. The number of aromatic nitrogens is 1. The van der Waals surface area contributed by atoms with Gasteiger partial charge in [0, 0.05) is 23.8 Å². The molecular weight excluding hydrogens is 520 g/mol. The Morgan fingerprint density at radius 1 is 0.975 bits per heavy atom. The van der Waals surface area contributed by atoms with Gasteiger partial charge in [-0.05, 0) is 90.3 Å². The Bertz CT molecular complexity index is 1640. The molecule has 7 nitrogen and oxygen atoms in total. The highest BCUT2D eigenvalue weighted by molar-refractivity contribution is 7.89. The van der Waals surface area contributed by atoms with Crippen molar-refractivity contribution in [1.82, 2.24) is 9.71 Å². The zero-order chi connectivity index (χ0) is 27.7. The Kier molecular flexibility index (Phi) is 7.12. The minimum atomic E-state index is -3.66. The molecule has 3 unspecified atom stereocenters. The Labute approximate surface area is 235 Å². The van der Waals surface area contributed by atoms with Crippen molar-refractivity contribution in [2.24, 2.45) is 5.92 Å². The lowest BCUT2D eigenvalue weighted by molar-refractivity contribution is -0.117. The highest BCUT2D eigenvalue weighted by atomic mass is 32.2. The first-order chi connectivity index (χ1) is 19.4. The van der Waals surface area contributed by atoms with Crippen molar-refractivity contribution < 1.29 is 13.2 Å². The summed E-state index contributed by atoms with van der Waals surface area (Å²) in [6, 6.07) is 26.4. The van der Waals surface area contributed by atoms with Crippen LogP contribution >= 0.6 is 0 Å². The zero-order valence-electron chi connectivity index (χ0n) is 22.3. The van der Waals surface area contributed by atoms with Gasteiger partial charge in [-0.3, -0.25) is 4.79 Å². The van der Waals surface area contributed by atoms with Gasteiger partial charge < -0.3 is 10.6 Å². The highest BCUT2D eigenvalue weighted by Crippen LogP contribution is 2.48. The molecule has 1 saturated carbocycles. The second-order valence-corrected chi connectivity index (χ2v) is 12.2. The Morgan fingerprint density at radius 3 is 2.55 bits per heavy atom. The predicted octanol–water partition coefficient (Wildman–Crippen LogP) is 6.10. The maximum atomic E-state index is 13.1. The van der Waals surface area contributed by atoms with E-state index in [4.69, 9.17) is 0 Å². The summed E-state index contributed by atoms with van der Waals surface area (Å²) >= 11 is 0. The molecule has 2 aliphatic carbocycles. The van der Waals surface area contributed by atoms with Gasteiger partial charge in [0.15, 0.2) is 5.82 Å². The van der Waals surface area contributed by atoms with Crippen LogP contribution in [-0.2, 0) is 27.7 Å². The van der Waals surface area contributed by atoms with E-state index in [2.05, 4.69) is 32.5 Å². The van der Waals surface area contributed by atoms with Crippen molar-refractivity contribution in [2.75, 3.05) is 10.6 Å². The van der Waals surface area contributed by atoms with Crippen LogP contribution in [0.25, 0.3) is 0 Å². The molecule has 1 heterocycles. The summed E-state index contributed by atoms with van der Waals surface area (Å²) < 4.78 is 29.1. The predicted molar refractivity (Wildman–Crippen MR) is 157 cm³/mol. The summed E-state index contributed by atoms with van der Waals surface area (Å²) in [5.74, 6) is 0.720. The van der Waals surface area contributed by atoms with Crippen LogP contribution < -0.4 is 15.4 Å². The molecule has 40 heavy (non-hydrogen) atoms. The first-order valence-corrected chi connectivity index (χ1v) is 15.2. The van der Waals surface area contributed by atoms with Gasteiger partial charge in [-0.15, -0.1) is 0 Å². The molecule has 0 saturated heterocycles. The lowest BCUT2D eigenvalue weighted by Gasteiger charge is -2.17. The summed E-state index contributed by atoms with van der Waals surface area (Å²) in [6.45, 7) is 2.04. The number of nitrogens with zero attached hydrogens (tertiary/aromatic N) is 1. The number of hydrogen-bond acceptors (Lipinski definition) is 5. The van der Waals surface area contributed by atoms with Gasteiger partial charge in [-0.25, -0.2) is 18.1 Å². The van der Waals surface area contributed by atoms with Crippen LogP contribution in [0.4, 0.5) is 17.2 Å². The molecule has 1 fully saturated rings. The summed E-state index contributed by atoms with van der Waals surface area (Å²) in [4.78, 5) is 17.8. The highest BCUT2D eigenvalue weighted by Gasteiger charge is 2.44. The molecule has 0 spiro atoms. The van der Waals surface area contributed by atoms with Crippen LogP contribution in [0, 0.1) is 5.92 Å². The molecule has 8 heteroatoms. The van der Waals surface area contributed by atoms with E-state index in [1.165, 1.54) is 5.56 Å². The van der Waals surface area contributed by atoms with E-state index in [9.17, 15) is 13.2 Å². The van der Waals surface area contributed by atoms with E-state index in [0.29, 0.717) is 17.9 Å². The fourth-order valence-corrected chi connectivity index (χ4v) is 6.73. The van der Waals surface area contributed by atoms with Crippen molar-refractivity contribution in [3.05, 3.63) is 113 Å². The molecule has 0 aliphatic heterocycles. The number of carbonyl (C=O) groups is 1. The molecule has 3 aromatic carbocycles. The van der Waals surface area contributed by atoms with Gasteiger partial charge in [0.1, 0.15) is 0 Å². The fraction of sp³-hybridized carbons (Fsp3) is 0.250. The van der Waals surface area contributed by atoms with Crippen LogP contribution in [-0.4, -0.2) is 19.3 Å². The number of anilines is 3. The molecule has 1 aromatic heterocycles. The molecule has 0 bridgehead atoms. The number of sulfonamides is 1. The van der Waals surface area contributed by atoms with E-state index < -0.39 is 10.0 Å². The van der Waals surface area contributed by atoms with Crippen molar-refractivity contribution >= 4 is 33.1 Å². The number of rotatable bonds is 9. The topological polar surface area (TPSA) is 100 Å². The van der Waals surface area contributed by atoms with Crippen LogP contribution in [0.15, 0.2) is 96.0 Å². The third kappa shape index (κ3) is 5.50. The van der Waals surface area contributed by atoms with Gasteiger partial charge in [0.2, 0.25) is 15.9 Å². The van der Waals surface area contributed by atoms with Crippen molar-refractivity contribution in [2.45, 2.75) is 49.5 Å². The molecule has 0 radical (unpaired) electrons. The van der Waals surface area contributed by atoms with E-state index in [1.54, 1.807) is 24.4 Å². The second kappa shape index (κ2) is 10.9. The fourth-order valence-electron chi connectivity index (χ4n) is 5.48. The van der Waals surface area contributed by atoms with E-state index in [1.807, 2.05) is 61.5 Å². The molecule has 6 rings (SSSR count). The first-order valence-electron chi connectivity index (χ1n) is 13.7. The SMILES string of the molecule is CCc1ccc(S(=O)(=O)NC2CCc3ccc(Nc4ncccc4NC(=O)C4CC4c4ccccc4)cc32)cc1. The monoisotopic (exact) mass is 552 g/mol. The second-order valence-electron chi connectivity index (χ2n) is 10.5. The average molecular weight is 553 g/mol. The maximum absolute atomic E-state index is 13.1. The van der Waals surface area contributed by atoms with Gasteiger partial charge in [0.25, 0.3) is 0 Å². The van der Waals surface area contributed by atoms with Crippen molar-refractivity contribution in [3.63, 3.8) is 0 Å². The van der Waals surface area contributed by atoms with Crippen LogP contribution in [0.5, 0.6) is 0 Å². The van der Waals surface area contributed by atoms with E-state index in [-0.39, 0.29) is 28.7 Å². The number of aryl methyl sites for hydroxylation is 2. The standard InChI is InChI=1S/C32H32N4O3S/c1-2-21-10-15-25(16-11-21)40(38,39)36-29-17-13-23-12-14-24(19-27(23)29)34-31-30(9-6-18-33-31)35-32(37)28-20-26(28)22-7-4-3-5-8-22/h3-12,14-16,18-19,26,28-29,36H,2,13,17,20H2,1H3,(H,33,34)(H,35,37). The van der Waals surface area contributed by atoms with Gasteiger partial charge in [-0.1, -0.05) is 55.5 Å². The van der Waals surface area contributed by atoms with E-state index >= 15 is 0 Å². The van der Waals surface area contributed by atoms with Crippen molar-refractivity contribution in [1.29, 1.82) is 0 Å². The smallest absolute Gasteiger partial charge is 0.241 e. The number of amides is 1. The van der Waals surface area contributed by atoms with Gasteiger partial charge in [-0.2, -0.15) is 0 Å².